The predicted molar refractivity (Wildman–Crippen MR) is 81.3 cm³/mol. The fourth-order valence-electron chi connectivity index (χ4n) is 2.95. The highest BCUT2D eigenvalue weighted by Gasteiger charge is 2.40. The largest absolute Gasteiger partial charge is 0.343 e. The smallest absolute Gasteiger partial charge is 0.329 e. The molecule has 2 fully saturated rings. The van der Waals surface area contributed by atoms with Crippen LogP contribution in [0.2, 0.25) is 0 Å². The monoisotopic (exact) mass is 319 g/mol. The second-order valence-corrected chi connectivity index (χ2v) is 5.80. The van der Waals surface area contributed by atoms with Crippen LogP contribution in [0.1, 0.15) is 25.7 Å². The molecule has 0 spiro atoms. The van der Waals surface area contributed by atoms with E-state index >= 15 is 0 Å². The van der Waals surface area contributed by atoms with Gasteiger partial charge in [-0.2, -0.15) is 0 Å². The second kappa shape index (κ2) is 6.36. The molecule has 0 radical (unpaired) electrons. The molecule has 0 aliphatic carbocycles. The number of hydrogen-bond donors (Lipinski definition) is 1. The van der Waals surface area contributed by atoms with Gasteiger partial charge in [-0.3, -0.25) is 9.59 Å². The Bertz CT molecular complexity index is 626. The number of hydrogen-bond acceptors (Lipinski definition) is 3. The van der Waals surface area contributed by atoms with Crippen LogP contribution in [0.3, 0.4) is 0 Å². The van der Waals surface area contributed by atoms with Gasteiger partial charge in [0, 0.05) is 13.1 Å². The summed E-state index contributed by atoms with van der Waals surface area (Å²) in [6.45, 7) is 1.41. The van der Waals surface area contributed by atoms with E-state index in [9.17, 15) is 18.8 Å². The van der Waals surface area contributed by atoms with Crippen LogP contribution in [-0.2, 0) is 9.59 Å². The summed E-state index contributed by atoms with van der Waals surface area (Å²) < 4.78 is 13.0. The van der Waals surface area contributed by atoms with Crippen LogP contribution in [0.4, 0.5) is 14.9 Å². The number of piperidine rings is 1. The highest BCUT2D eigenvalue weighted by molar-refractivity contribution is 6.22. The lowest BCUT2D eigenvalue weighted by Gasteiger charge is -2.27. The van der Waals surface area contributed by atoms with Crippen LogP contribution in [-0.4, -0.2) is 41.9 Å². The molecule has 4 amide bonds. The first-order valence-electron chi connectivity index (χ1n) is 7.74. The SMILES string of the molecule is O=C(C[C@H]1NC(=O)N(c2ccc(F)cc2)C1=O)N1CCCCC1. The number of nitrogens with one attached hydrogen (secondary N) is 1. The highest BCUT2D eigenvalue weighted by Crippen LogP contribution is 2.21. The average molecular weight is 319 g/mol. The lowest BCUT2D eigenvalue weighted by atomic mass is 10.1. The van der Waals surface area contributed by atoms with Crippen molar-refractivity contribution in [2.75, 3.05) is 18.0 Å². The Labute approximate surface area is 133 Å². The number of carbonyl (C=O) groups excluding carboxylic acids is 3. The van der Waals surface area contributed by atoms with Crippen molar-refractivity contribution in [2.45, 2.75) is 31.7 Å². The van der Waals surface area contributed by atoms with Gasteiger partial charge < -0.3 is 10.2 Å². The maximum absolute atomic E-state index is 13.0. The summed E-state index contributed by atoms with van der Waals surface area (Å²) >= 11 is 0. The lowest BCUT2D eigenvalue weighted by molar-refractivity contribution is -0.134. The highest BCUT2D eigenvalue weighted by atomic mass is 19.1. The van der Waals surface area contributed by atoms with Crippen molar-refractivity contribution in [1.29, 1.82) is 0 Å². The molecule has 3 rings (SSSR count). The molecular weight excluding hydrogens is 301 g/mol. The fraction of sp³-hybridized carbons (Fsp3) is 0.438. The number of halogens is 1. The summed E-state index contributed by atoms with van der Waals surface area (Å²) in [7, 11) is 0. The number of amides is 4. The molecule has 0 aromatic heterocycles. The van der Waals surface area contributed by atoms with E-state index in [0.29, 0.717) is 18.8 Å². The van der Waals surface area contributed by atoms with Crippen molar-refractivity contribution < 1.29 is 18.8 Å². The van der Waals surface area contributed by atoms with Gasteiger partial charge in [-0.05, 0) is 43.5 Å². The van der Waals surface area contributed by atoms with Gasteiger partial charge >= 0.3 is 6.03 Å². The van der Waals surface area contributed by atoms with Crippen molar-refractivity contribution in [2.24, 2.45) is 0 Å². The first-order chi connectivity index (χ1) is 11.1. The average Bonchev–Trinajstić information content (AvgIpc) is 2.83. The Morgan fingerprint density at radius 1 is 1.13 bits per heavy atom. The number of benzene rings is 1. The van der Waals surface area contributed by atoms with E-state index in [1.54, 1.807) is 4.90 Å². The summed E-state index contributed by atoms with van der Waals surface area (Å²) in [4.78, 5) is 39.4. The zero-order valence-corrected chi connectivity index (χ0v) is 12.6. The van der Waals surface area contributed by atoms with E-state index < -0.39 is 23.8 Å². The number of rotatable bonds is 3. The molecule has 1 atom stereocenters. The third-order valence-corrected chi connectivity index (χ3v) is 4.19. The van der Waals surface area contributed by atoms with Crippen LogP contribution in [0.5, 0.6) is 0 Å². The normalized spacial score (nSPS) is 21.5. The summed E-state index contributed by atoms with van der Waals surface area (Å²) in [5.41, 5.74) is 0.293. The van der Waals surface area contributed by atoms with Crippen molar-refractivity contribution in [3.8, 4) is 0 Å². The van der Waals surface area contributed by atoms with Gasteiger partial charge in [0.1, 0.15) is 11.9 Å². The minimum absolute atomic E-state index is 0.0394. The molecule has 0 saturated carbocycles. The fourth-order valence-corrected chi connectivity index (χ4v) is 2.95. The van der Waals surface area contributed by atoms with Gasteiger partial charge in [0.05, 0.1) is 12.1 Å². The van der Waals surface area contributed by atoms with Gasteiger partial charge in [-0.1, -0.05) is 0 Å². The second-order valence-electron chi connectivity index (χ2n) is 5.80. The third kappa shape index (κ3) is 3.18. The molecule has 2 heterocycles. The van der Waals surface area contributed by atoms with E-state index in [1.807, 2.05) is 0 Å². The molecule has 1 aromatic rings. The number of anilines is 1. The number of likely N-dealkylation sites (tertiary alicyclic amines) is 1. The molecular formula is C16H18FN3O3. The Morgan fingerprint density at radius 2 is 1.78 bits per heavy atom. The predicted octanol–water partition coefficient (Wildman–Crippen LogP) is 1.65. The standard InChI is InChI=1S/C16H18FN3O3/c17-11-4-6-12(7-5-11)20-15(22)13(18-16(20)23)10-14(21)19-8-2-1-3-9-19/h4-7,13H,1-3,8-10H2,(H,18,23)/t13-/m1/s1. The van der Waals surface area contributed by atoms with Crippen LogP contribution >= 0.6 is 0 Å². The molecule has 6 nitrogen and oxygen atoms in total. The van der Waals surface area contributed by atoms with Gasteiger partial charge in [-0.25, -0.2) is 14.1 Å². The van der Waals surface area contributed by atoms with Crippen LogP contribution in [0.25, 0.3) is 0 Å². The lowest BCUT2D eigenvalue weighted by Crippen LogP contribution is -2.41. The molecule has 2 aliphatic rings. The van der Waals surface area contributed by atoms with Gasteiger partial charge in [-0.15, -0.1) is 0 Å². The number of urea groups is 1. The van der Waals surface area contributed by atoms with E-state index in [1.165, 1.54) is 24.3 Å². The summed E-state index contributed by atoms with van der Waals surface area (Å²) in [6, 6.07) is 3.65. The molecule has 122 valence electrons. The zero-order valence-electron chi connectivity index (χ0n) is 12.6. The number of carbonyl (C=O) groups is 3. The Morgan fingerprint density at radius 3 is 2.43 bits per heavy atom. The Hall–Kier alpha value is -2.44. The molecule has 1 aromatic carbocycles. The van der Waals surface area contributed by atoms with Crippen LogP contribution < -0.4 is 10.2 Å². The summed E-state index contributed by atoms with van der Waals surface area (Å²) in [5.74, 6) is -1.05. The van der Waals surface area contributed by atoms with Crippen LogP contribution in [0.15, 0.2) is 24.3 Å². The van der Waals surface area contributed by atoms with E-state index in [4.69, 9.17) is 0 Å². The van der Waals surface area contributed by atoms with E-state index in [0.717, 1.165) is 24.2 Å². The minimum atomic E-state index is -0.859. The maximum atomic E-state index is 13.0. The third-order valence-electron chi connectivity index (χ3n) is 4.19. The molecule has 2 aliphatic heterocycles. The Kier molecular flexibility index (Phi) is 4.27. The molecule has 0 unspecified atom stereocenters. The zero-order chi connectivity index (χ0) is 16.4. The van der Waals surface area contributed by atoms with E-state index in [-0.39, 0.29) is 12.3 Å². The summed E-state index contributed by atoms with van der Waals surface area (Å²) in [5, 5.41) is 2.53. The molecule has 0 bridgehead atoms. The van der Waals surface area contributed by atoms with Gasteiger partial charge in [0.25, 0.3) is 5.91 Å². The van der Waals surface area contributed by atoms with Crippen molar-refractivity contribution in [3.63, 3.8) is 0 Å². The van der Waals surface area contributed by atoms with E-state index in [2.05, 4.69) is 5.32 Å². The van der Waals surface area contributed by atoms with Gasteiger partial charge in [0.15, 0.2) is 0 Å². The quantitative estimate of drug-likeness (QED) is 0.861. The van der Waals surface area contributed by atoms with Crippen molar-refractivity contribution in [3.05, 3.63) is 30.1 Å². The number of imide groups is 1. The number of nitrogens with zero attached hydrogens (tertiary/aromatic N) is 2. The van der Waals surface area contributed by atoms with Crippen molar-refractivity contribution >= 4 is 23.5 Å². The first-order valence-corrected chi connectivity index (χ1v) is 7.74. The summed E-state index contributed by atoms with van der Waals surface area (Å²) in [6.07, 6.45) is 3.01. The van der Waals surface area contributed by atoms with Gasteiger partial charge in [0.2, 0.25) is 5.91 Å². The maximum Gasteiger partial charge on any atom is 0.329 e. The minimum Gasteiger partial charge on any atom is -0.343 e. The molecule has 23 heavy (non-hydrogen) atoms. The molecule has 7 heteroatoms. The topological polar surface area (TPSA) is 69.7 Å². The van der Waals surface area contributed by atoms with Crippen LogP contribution in [0, 0.1) is 5.82 Å². The Balaban J connectivity index is 1.68. The molecule has 1 N–H and O–H groups in total. The first kappa shape index (κ1) is 15.5. The molecule has 2 saturated heterocycles. The van der Waals surface area contributed by atoms with Crippen molar-refractivity contribution in [1.82, 2.24) is 10.2 Å².